The number of aromatic nitrogens is 1. The zero-order chi connectivity index (χ0) is 23.4. The Bertz CT molecular complexity index is 1290. The van der Waals surface area contributed by atoms with E-state index in [4.69, 9.17) is 27.9 Å². The van der Waals surface area contributed by atoms with Crippen LogP contribution in [0.5, 0.6) is 5.75 Å². The lowest BCUT2D eigenvalue weighted by molar-refractivity contribution is -0.139. The van der Waals surface area contributed by atoms with E-state index >= 15 is 0 Å². The summed E-state index contributed by atoms with van der Waals surface area (Å²) in [5.74, 6) is -0.249. The van der Waals surface area contributed by atoms with Gasteiger partial charge in [0.1, 0.15) is 18.4 Å². The lowest BCUT2D eigenvalue weighted by Gasteiger charge is -2.17. The fourth-order valence-corrected chi connectivity index (χ4v) is 4.35. The Labute approximate surface area is 209 Å². The van der Waals surface area contributed by atoms with Crippen molar-refractivity contribution in [3.63, 3.8) is 0 Å². The maximum absolute atomic E-state index is 12.0. The van der Waals surface area contributed by atoms with Crippen LogP contribution in [0.25, 0.3) is 10.9 Å². The quantitative estimate of drug-likeness (QED) is 0.220. The third-order valence-electron chi connectivity index (χ3n) is 5.34. The van der Waals surface area contributed by atoms with E-state index in [-0.39, 0.29) is 0 Å². The first-order valence-electron chi connectivity index (χ1n) is 10.3. The molecule has 3 aromatic carbocycles. The highest BCUT2D eigenvalue weighted by atomic mass is 79.9. The standard InChI is InChI=1S/C25H21BrCl2N2O3/c26-18-6-8-24(33-14-15-5-7-20(27)21(28)9-15)17(10-18)13-30-23(25(31)32)11-16-12-29-22-4-2-1-3-19(16)22/h1-10,12,23,29-30H,11,13-14H2,(H,31,32)/t23-/m0/s1. The summed E-state index contributed by atoms with van der Waals surface area (Å²) in [5.41, 5.74) is 3.67. The predicted molar refractivity (Wildman–Crippen MR) is 135 cm³/mol. The summed E-state index contributed by atoms with van der Waals surface area (Å²) < 4.78 is 6.89. The predicted octanol–water partition coefficient (Wildman–Crippen LogP) is 6.60. The molecule has 33 heavy (non-hydrogen) atoms. The molecule has 4 aromatic rings. The third-order valence-corrected chi connectivity index (χ3v) is 6.57. The molecule has 3 N–H and O–H groups in total. The Morgan fingerprint density at radius 1 is 1.06 bits per heavy atom. The van der Waals surface area contributed by atoms with E-state index in [0.29, 0.717) is 35.4 Å². The third kappa shape index (κ3) is 5.89. The van der Waals surface area contributed by atoms with E-state index in [9.17, 15) is 9.90 Å². The molecule has 1 heterocycles. The van der Waals surface area contributed by atoms with Crippen LogP contribution in [-0.2, 0) is 24.4 Å². The fourth-order valence-electron chi connectivity index (χ4n) is 3.62. The van der Waals surface area contributed by atoms with Crippen molar-refractivity contribution in [2.24, 2.45) is 0 Å². The summed E-state index contributed by atoms with van der Waals surface area (Å²) in [6.07, 6.45) is 2.22. The number of hydrogen-bond acceptors (Lipinski definition) is 3. The first kappa shape index (κ1) is 23.6. The molecule has 0 unspecified atom stereocenters. The summed E-state index contributed by atoms with van der Waals surface area (Å²) in [5, 5.41) is 15.0. The second-order valence-corrected chi connectivity index (χ2v) is 9.35. The fraction of sp³-hybridized carbons (Fsp3) is 0.160. The molecular weight excluding hydrogens is 527 g/mol. The zero-order valence-electron chi connectivity index (χ0n) is 17.4. The number of halogens is 3. The highest BCUT2D eigenvalue weighted by Crippen LogP contribution is 2.27. The van der Waals surface area contributed by atoms with Crippen LogP contribution in [0.3, 0.4) is 0 Å². The SMILES string of the molecule is O=C(O)[C@H](Cc1c[nH]c2ccccc12)NCc1cc(Br)ccc1OCc1ccc(Cl)c(Cl)c1. The molecule has 170 valence electrons. The van der Waals surface area contributed by atoms with Crippen LogP contribution < -0.4 is 10.1 Å². The van der Waals surface area contributed by atoms with Gasteiger partial charge in [0.15, 0.2) is 0 Å². The Morgan fingerprint density at radius 3 is 2.67 bits per heavy atom. The largest absolute Gasteiger partial charge is 0.489 e. The van der Waals surface area contributed by atoms with Crippen LogP contribution in [0.1, 0.15) is 16.7 Å². The Balaban J connectivity index is 1.47. The minimum absolute atomic E-state index is 0.309. The number of rotatable bonds is 9. The van der Waals surface area contributed by atoms with Crippen LogP contribution in [0.4, 0.5) is 0 Å². The van der Waals surface area contributed by atoms with Crippen molar-refractivity contribution in [2.75, 3.05) is 0 Å². The van der Waals surface area contributed by atoms with Crippen LogP contribution >= 0.6 is 39.1 Å². The molecule has 0 radical (unpaired) electrons. The number of fused-ring (bicyclic) bond motifs is 1. The Kier molecular flexibility index (Phi) is 7.60. The zero-order valence-corrected chi connectivity index (χ0v) is 20.5. The van der Waals surface area contributed by atoms with Crippen LogP contribution in [0, 0.1) is 0 Å². The molecular formula is C25H21BrCl2N2O3. The molecule has 8 heteroatoms. The van der Waals surface area contributed by atoms with Crippen LogP contribution in [-0.4, -0.2) is 22.1 Å². The van der Waals surface area contributed by atoms with Crippen LogP contribution in [0.2, 0.25) is 10.0 Å². The van der Waals surface area contributed by atoms with Crippen molar-refractivity contribution in [3.05, 3.63) is 98.1 Å². The maximum atomic E-state index is 12.0. The van der Waals surface area contributed by atoms with Gasteiger partial charge in [-0.2, -0.15) is 0 Å². The summed E-state index contributed by atoms with van der Waals surface area (Å²) in [7, 11) is 0. The van der Waals surface area contributed by atoms with Gasteiger partial charge in [0.2, 0.25) is 0 Å². The van der Waals surface area contributed by atoms with E-state index in [1.165, 1.54) is 0 Å². The van der Waals surface area contributed by atoms with Gasteiger partial charge in [-0.3, -0.25) is 10.1 Å². The second-order valence-electron chi connectivity index (χ2n) is 7.62. The number of hydrogen-bond donors (Lipinski definition) is 3. The van der Waals surface area contributed by atoms with E-state index in [1.807, 2.05) is 54.7 Å². The topological polar surface area (TPSA) is 74.3 Å². The highest BCUT2D eigenvalue weighted by molar-refractivity contribution is 9.10. The molecule has 0 bridgehead atoms. The lowest BCUT2D eigenvalue weighted by Crippen LogP contribution is -2.38. The van der Waals surface area contributed by atoms with Crippen molar-refractivity contribution in [1.29, 1.82) is 0 Å². The number of para-hydroxylation sites is 1. The van der Waals surface area contributed by atoms with Gasteiger partial charge >= 0.3 is 5.97 Å². The van der Waals surface area contributed by atoms with E-state index < -0.39 is 12.0 Å². The molecule has 0 saturated carbocycles. The molecule has 1 aromatic heterocycles. The van der Waals surface area contributed by atoms with E-state index in [1.54, 1.807) is 12.1 Å². The van der Waals surface area contributed by atoms with E-state index in [2.05, 4.69) is 26.2 Å². The molecule has 0 spiro atoms. The van der Waals surface area contributed by atoms with Gasteiger partial charge in [0.05, 0.1) is 10.0 Å². The van der Waals surface area contributed by atoms with Crippen molar-refractivity contribution >= 4 is 56.0 Å². The van der Waals surface area contributed by atoms with Gasteiger partial charge in [-0.05, 0) is 47.5 Å². The summed E-state index contributed by atoms with van der Waals surface area (Å²) in [6, 6.07) is 18.1. The van der Waals surface area contributed by atoms with Crippen molar-refractivity contribution < 1.29 is 14.6 Å². The molecule has 0 fully saturated rings. The highest BCUT2D eigenvalue weighted by Gasteiger charge is 2.20. The van der Waals surface area contributed by atoms with Crippen molar-refractivity contribution in [3.8, 4) is 5.75 Å². The number of ether oxygens (including phenoxy) is 1. The van der Waals surface area contributed by atoms with Gasteiger partial charge < -0.3 is 14.8 Å². The molecule has 4 rings (SSSR count). The summed E-state index contributed by atoms with van der Waals surface area (Å²) >= 11 is 15.6. The summed E-state index contributed by atoms with van der Waals surface area (Å²) in [6.45, 7) is 0.638. The Hall–Kier alpha value is -2.51. The first-order valence-corrected chi connectivity index (χ1v) is 11.8. The number of benzene rings is 3. The lowest BCUT2D eigenvalue weighted by atomic mass is 10.0. The minimum atomic E-state index is -0.909. The molecule has 0 aliphatic rings. The summed E-state index contributed by atoms with van der Waals surface area (Å²) in [4.78, 5) is 15.2. The van der Waals surface area contributed by atoms with Crippen LogP contribution in [0.15, 0.2) is 71.3 Å². The van der Waals surface area contributed by atoms with Gasteiger partial charge in [0.25, 0.3) is 0 Å². The number of carbonyl (C=O) groups is 1. The molecule has 0 saturated heterocycles. The number of carboxylic acids is 1. The normalized spacial score (nSPS) is 12.1. The van der Waals surface area contributed by atoms with Gasteiger partial charge in [0, 0.05) is 40.1 Å². The number of H-pyrrole nitrogens is 1. The van der Waals surface area contributed by atoms with Crippen molar-refractivity contribution in [2.45, 2.75) is 25.6 Å². The minimum Gasteiger partial charge on any atom is -0.489 e. The molecule has 5 nitrogen and oxygen atoms in total. The molecule has 0 aliphatic heterocycles. The number of aliphatic carboxylic acids is 1. The second kappa shape index (κ2) is 10.6. The number of nitrogens with one attached hydrogen (secondary N) is 2. The van der Waals surface area contributed by atoms with E-state index in [0.717, 1.165) is 32.1 Å². The number of carboxylic acid groups (broad SMARTS) is 1. The average molecular weight is 548 g/mol. The maximum Gasteiger partial charge on any atom is 0.321 e. The van der Waals surface area contributed by atoms with Gasteiger partial charge in [-0.1, -0.05) is 63.4 Å². The monoisotopic (exact) mass is 546 g/mol. The number of aromatic amines is 1. The average Bonchev–Trinajstić information content (AvgIpc) is 3.21. The molecule has 1 atom stereocenters. The Morgan fingerprint density at radius 2 is 1.88 bits per heavy atom. The van der Waals surface area contributed by atoms with Gasteiger partial charge in [-0.15, -0.1) is 0 Å². The molecule has 0 amide bonds. The first-order chi connectivity index (χ1) is 15.9. The van der Waals surface area contributed by atoms with Gasteiger partial charge in [-0.25, -0.2) is 0 Å². The smallest absolute Gasteiger partial charge is 0.321 e. The van der Waals surface area contributed by atoms with Crippen molar-refractivity contribution in [1.82, 2.24) is 10.3 Å². The molecule has 0 aliphatic carbocycles.